The van der Waals surface area contributed by atoms with E-state index in [2.05, 4.69) is 5.32 Å². The molecule has 7 heteroatoms. The quantitative estimate of drug-likeness (QED) is 0.837. The van der Waals surface area contributed by atoms with E-state index in [9.17, 15) is 13.2 Å². The highest BCUT2D eigenvalue weighted by molar-refractivity contribution is 7.89. The van der Waals surface area contributed by atoms with Gasteiger partial charge in [-0.25, -0.2) is 8.42 Å². The van der Waals surface area contributed by atoms with Crippen LogP contribution in [0.3, 0.4) is 0 Å². The average Bonchev–Trinajstić information content (AvgIpc) is 2.69. The number of anilines is 1. The van der Waals surface area contributed by atoms with Crippen LogP contribution in [0.4, 0.5) is 5.69 Å². The first-order chi connectivity index (χ1) is 13.5. The summed E-state index contributed by atoms with van der Waals surface area (Å²) < 4.78 is 32.4. The maximum Gasteiger partial charge on any atom is 0.243 e. The second-order valence-electron chi connectivity index (χ2n) is 7.30. The van der Waals surface area contributed by atoms with Crippen molar-refractivity contribution >= 4 is 21.6 Å². The number of carbonyl (C=O) groups excluding carboxylic acids is 1. The van der Waals surface area contributed by atoms with Gasteiger partial charge in [0.05, 0.1) is 23.5 Å². The number of hydrogen-bond donors (Lipinski definition) is 1. The van der Waals surface area contributed by atoms with Crippen LogP contribution in [-0.4, -0.2) is 44.9 Å². The molecule has 0 atom stereocenters. The number of ether oxygens (including phenoxy) is 1. The van der Waals surface area contributed by atoms with Crippen molar-refractivity contribution in [3.63, 3.8) is 0 Å². The van der Waals surface area contributed by atoms with Gasteiger partial charge < -0.3 is 10.1 Å². The normalized spacial score (nSPS) is 19.6. The van der Waals surface area contributed by atoms with Crippen molar-refractivity contribution in [3.8, 4) is 0 Å². The predicted molar refractivity (Wildman–Crippen MR) is 107 cm³/mol. The molecule has 1 saturated heterocycles. The monoisotopic (exact) mass is 400 g/mol. The summed E-state index contributed by atoms with van der Waals surface area (Å²) in [6.07, 6.45) is 2.61. The van der Waals surface area contributed by atoms with E-state index in [4.69, 9.17) is 4.74 Å². The molecule has 0 aromatic heterocycles. The van der Waals surface area contributed by atoms with Crippen LogP contribution in [0.2, 0.25) is 0 Å². The van der Waals surface area contributed by atoms with E-state index >= 15 is 0 Å². The molecule has 1 amide bonds. The number of morpholine rings is 1. The number of benzene rings is 2. The van der Waals surface area contributed by atoms with Crippen LogP contribution >= 0.6 is 0 Å². The Morgan fingerprint density at radius 3 is 2.36 bits per heavy atom. The molecule has 6 nitrogen and oxygen atoms in total. The second kappa shape index (κ2) is 7.66. The van der Waals surface area contributed by atoms with Crippen molar-refractivity contribution in [2.45, 2.75) is 29.6 Å². The van der Waals surface area contributed by atoms with Gasteiger partial charge in [0.25, 0.3) is 0 Å². The molecule has 2 fully saturated rings. The Balaban J connectivity index is 1.56. The van der Waals surface area contributed by atoms with Crippen LogP contribution in [0.25, 0.3) is 0 Å². The largest absolute Gasteiger partial charge is 0.379 e. The van der Waals surface area contributed by atoms with E-state index < -0.39 is 15.4 Å². The number of hydrogen-bond acceptors (Lipinski definition) is 4. The van der Waals surface area contributed by atoms with Crippen LogP contribution < -0.4 is 5.32 Å². The van der Waals surface area contributed by atoms with Crippen LogP contribution in [-0.2, 0) is 25.0 Å². The van der Waals surface area contributed by atoms with Gasteiger partial charge in [-0.3, -0.25) is 4.79 Å². The Morgan fingerprint density at radius 1 is 1.00 bits per heavy atom. The zero-order valence-corrected chi connectivity index (χ0v) is 16.5. The highest BCUT2D eigenvalue weighted by Gasteiger charge is 2.45. The minimum absolute atomic E-state index is 0.0779. The Morgan fingerprint density at radius 2 is 1.71 bits per heavy atom. The summed E-state index contributed by atoms with van der Waals surface area (Å²) in [5.74, 6) is -0.0779. The van der Waals surface area contributed by atoms with Crippen molar-refractivity contribution in [3.05, 3.63) is 60.2 Å². The maximum absolute atomic E-state index is 13.1. The fraction of sp³-hybridized carbons (Fsp3) is 0.381. The lowest BCUT2D eigenvalue weighted by Gasteiger charge is -2.40. The van der Waals surface area contributed by atoms with E-state index in [1.165, 1.54) is 4.31 Å². The first kappa shape index (κ1) is 19.1. The van der Waals surface area contributed by atoms with Crippen LogP contribution in [0.15, 0.2) is 59.5 Å². The number of carbonyl (C=O) groups is 1. The lowest BCUT2D eigenvalue weighted by molar-refractivity contribution is -0.124. The molecular weight excluding hydrogens is 376 g/mol. The number of nitrogens with zero attached hydrogens (tertiary/aromatic N) is 1. The second-order valence-corrected chi connectivity index (χ2v) is 9.24. The molecular formula is C21H24N2O4S. The van der Waals surface area contributed by atoms with Gasteiger partial charge in [-0.1, -0.05) is 42.8 Å². The van der Waals surface area contributed by atoms with E-state index in [1.807, 2.05) is 30.3 Å². The maximum atomic E-state index is 13.1. The van der Waals surface area contributed by atoms with Crippen molar-refractivity contribution in [1.29, 1.82) is 0 Å². The van der Waals surface area contributed by atoms with Gasteiger partial charge in [-0.05, 0) is 36.6 Å². The zero-order valence-electron chi connectivity index (χ0n) is 15.6. The highest BCUT2D eigenvalue weighted by atomic mass is 32.2. The molecule has 148 valence electrons. The smallest absolute Gasteiger partial charge is 0.243 e. The minimum Gasteiger partial charge on any atom is -0.379 e. The van der Waals surface area contributed by atoms with E-state index in [1.54, 1.807) is 24.3 Å². The Kier molecular flexibility index (Phi) is 5.23. The van der Waals surface area contributed by atoms with Crippen molar-refractivity contribution in [2.75, 3.05) is 31.6 Å². The van der Waals surface area contributed by atoms with Gasteiger partial charge in [-0.2, -0.15) is 4.31 Å². The fourth-order valence-corrected chi connectivity index (χ4v) is 5.31. The standard InChI is InChI=1S/C21H24N2O4S/c24-20(21(10-5-11-21)17-6-2-1-3-7-17)22-18-8-4-9-19(16-18)28(25,26)23-12-14-27-15-13-23/h1-4,6-9,16H,5,10-15H2,(H,22,24). The lowest BCUT2D eigenvalue weighted by atomic mass is 9.64. The molecule has 0 spiro atoms. The number of rotatable bonds is 5. The molecule has 2 aliphatic rings. The fourth-order valence-electron chi connectivity index (χ4n) is 3.86. The molecule has 1 N–H and O–H groups in total. The van der Waals surface area contributed by atoms with Gasteiger partial charge in [0.2, 0.25) is 15.9 Å². The van der Waals surface area contributed by atoms with Crippen LogP contribution in [0.5, 0.6) is 0 Å². The third-order valence-corrected chi connectivity index (χ3v) is 7.56. The molecule has 0 unspecified atom stereocenters. The molecule has 2 aromatic rings. The Labute approximate surface area is 165 Å². The van der Waals surface area contributed by atoms with Gasteiger partial charge in [0.1, 0.15) is 0 Å². The number of amides is 1. The van der Waals surface area contributed by atoms with E-state index in [0.29, 0.717) is 32.0 Å². The molecule has 4 rings (SSSR count). The SMILES string of the molecule is O=C(Nc1cccc(S(=O)(=O)N2CCOCC2)c1)C1(c2ccccc2)CCC1. The number of nitrogens with one attached hydrogen (secondary N) is 1. The summed E-state index contributed by atoms with van der Waals surface area (Å²) in [5.41, 5.74) is 0.984. The molecule has 28 heavy (non-hydrogen) atoms. The van der Waals surface area contributed by atoms with Crippen molar-refractivity contribution in [1.82, 2.24) is 4.31 Å². The molecule has 0 bridgehead atoms. The summed E-state index contributed by atoms with van der Waals surface area (Å²) in [6.45, 7) is 1.48. The third kappa shape index (κ3) is 3.45. The average molecular weight is 401 g/mol. The summed E-state index contributed by atoms with van der Waals surface area (Å²) in [5, 5.41) is 2.95. The molecule has 1 heterocycles. The van der Waals surface area contributed by atoms with Crippen LogP contribution in [0.1, 0.15) is 24.8 Å². The van der Waals surface area contributed by atoms with Crippen LogP contribution in [0, 0.1) is 0 Å². The first-order valence-electron chi connectivity index (χ1n) is 9.57. The molecule has 0 radical (unpaired) electrons. The summed E-state index contributed by atoms with van der Waals surface area (Å²) in [7, 11) is -3.60. The topological polar surface area (TPSA) is 75.7 Å². The Hall–Kier alpha value is -2.22. The van der Waals surface area contributed by atoms with E-state index in [-0.39, 0.29) is 10.8 Å². The molecule has 1 saturated carbocycles. The number of sulfonamides is 1. The van der Waals surface area contributed by atoms with E-state index in [0.717, 1.165) is 24.8 Å². The summed E-state index contributed by atoms with van der Waals surface area (Å²) >= 11 is 0. The predicted octanol–water partition coefficient (Wildman–Crippen LogP) is 2.77. The van der Waals surface area contributed by atoms with Gasteiger partial charge in [0.15, 0.2) is 0 Å². The summed E-state index contributed by atoms with van der Waals surface area (Å²) in [4.78, 5) is 13.3. The zero-order chi connectivity index (χ0) is 19.6. The third-order valence-electron chi connectivity index (χ3n) is 5.67. The molecule has 2 aromatic carbocycles. The Bertz CT molecular complexity index is 949. The first-order valence-corrected chi connectivity index (χ1v) is 11.0. The van der Waals surface area contributed by atoms with Gasteiger partial charge in [0, 0.05) is 18.8 Å². The highest BCUT2D eigenvalue weighted by Crippen LogP contribution is 2.44. The van der Waals surface area contributed by atoms with Gasteiger partial charge >= 0.3 is 0 Å². The minimum atomic E-state index is -3.60. The van der Waals surface area contributed by atoms with Crippen molar-refractivity contribution < 1.29 is 17.9 Å². The van der Waals surface area contributed by atoms with Gasteiger partial charge in [-0.15, -0.1) is 0 Å². The van der Waals surface area contributed by atoms with Crippen molar-refractivity contribution in [2.24, 2.45) is 0 Å². The molecule has 1 aliphatic carbocycles. The summed E-state index contributed by atoms with van der Waals surface area (Å²) in [6, 6.07) is 16.3. The lowest BCUT2D eigenvalue weighted by Crippen LogP contribution is -2.46. The molecule has 1 aliphatic heterocycles.